The molecule has 146 valence electrons. The fraction of sp³-hybridized carbons (Fsp3) is 0.895. The largest absolute Gasteiger partial charge is 0.466 e. The number of hydrogen-bond donors (Lipinski definition) is 1. The molecule has 0 atom stereocenters. The molecule has 25 heavy (non-hydrogen) atoms. The van der Waals surface area contributed by atoms with Gasteiger partial charge in [0.2, 0.25) is 0 Å². The van der Waals surface area contributed by atoms with E-state index in [0.29, 0.717) is 19.2 Å². The highest BCUT2D eigenvalue weighted by atomic mass is 16.6. The zero-order valence-electron chi connectivity index (χ0n) is 16.3. The van der Waals surface area contributed by atoms with Gasteiger partial charge in [-0.2, -0.15) is 0 Å². The Morgan fingerprint density at radius 3 is 2.24 bits per heavy atom. The Morgan fingerprint density at radius 1 is 1.08 bits per heavy atom. The van der Waals surface area contributed by atoms with Gasteiger partial charge in [0.1, 0.15) is 5.60 Å². The van der Waals surface area contributed by atoms with Crippen LogP contribution >= 0.6 is 0 Å². The third kappa shape index (κ3) is 9.21. The smallest absolute Gasteiger partial charge is 0.309 e. The molecule has 0 aromatic rings. The lowest BCUT2D eigenvalue weighted by Crippen LogP contribution is -2.42. The first-order valence-corrected chi connectivity index (χ1v) is 9.44. The lowest BCUT2D eigenvalue weighted by atomic mass is 9.85. The van der Waals surface area contributed by atoms with Crippen LogP contribution in [-0.4, -0.2) is 59.9 Å². The Bertz CT molecular complexity index is 411. The molecular formula is C19H35NO5. The second kappa shape index (κ2) is 10.8. The Morgan fingerprint density at radius 2 is 1.72 bits per heavy atom. The monoisotopic (exact) mass is 357 g/mol. The van der Waals surface area contributed by atoms with E-state index in [1.165, 1.54) is 6.92 Å². The maximum absolute atomic E-state index is 12.2. The number of aliphatic hydroxyl groups is 1. The molecule has 0 amide bonds. The topological polar surface area (TPSA) is 76.1 Å². The SMILES string of the molecule is CC(=O)OCCCCN(CCO)C1CCC(C(=O)OC(C)(C)C)CC1. The molecule has 0 radical (unpaired) electrons. The second-order valence-corrected chi connectivity index (χ2v) is 7.85. The molecule has 0 heterocycles. The van der Waals surface area contributed by atoms with Crippen LogP contribution in [0.4, 0.5) is 0 Å². The maximum atomic E-state index is 12.2. The van der Waals surface area contributed by atoms with Crippen LogP contribution in [0.1, 0.15) is 66.2 Å². The van der Waals surface area contributed by atoms with E-state index in [1.807, 2.05) is 20.8 Å². The molecule has 1 fully saturated rings. The van der Waals surface area contributed by atoms with Crippen LogP contribution in [-0.2, 0) is 19.1 Å². The van der Waals surface area contributed by atoms with E-state index in [9.17, 15) is 14.7 Å². The number of hydrogen-bond acceptors (Lipinski definition) is 6. The molecule has 0 unspecified atom stereocenters. The molecule has 1 aliphatic rings. The summed E-state index contributed by atoms with van der Waals surface area (Å²) < 4.78 is 10.4. The molecule has 1 saturated carbocycles. The number of nitrogens with zero attached hydrogens (tertiary/aromatic N) is 1. The highest BCUT2D eigenvalue weighted by Gasteiger charge is 2.31. The van der Waals surface area contributed by atoms with Crippen LogP contribution in [0.2, 0.25) is 0 Å². The maximum Gasteiger partial charge on any atom is 0.309 e. The van der Waals surface area contributed by atoms with Crippen molar-refractivity contribution in [2.75, 3.05) is 26.3 Å². The lowest BCUT2D eigenvalue weighted by molar-refractivity contribution is -0.161. The average molecular weight is 357 g/mol. The van der Waals surface area contributed by atoms with Gasteiger partial charge < -0.3 is 14.6 Å². The number of carbonyl (C=O) groups excluding carboxylic acids is 2. The summed E-state index contributed by atoms with van der Waals surface area (Å²) in [5.74, 6) is -0.330. The number of ether oxygens (including phenoxy) is 2. The fourth-order valence-corrected chi connectivity index (χ4v) is 3.30. The van der Waals surface area contributed by atoms with Crippen molar-refractivity contribution >= 4 is 11.9 Å². The average Bonchev–Trinajstić information content (AvgIpc) is 2.52. The van der Waals surface area contributed by atoms with Crippen molar-refractivity contribution in [1.82, 2.24) is 4.90 Å². The van der Waals surface area contributed by atoms with Gasteiger partial charge in [0.25, 0.3) is 0 Å². The quantitative estimate of drug-likeness (QED) is 0.505. The summed E-state index contributed by atoms with van der Waals surface area (Å²) in [7, 11) is 0. The van der Waals surface area contributed by atoms with Gasteiger partial charge in [-0.25, -0.2) is 0 Å². The molecule has 0 spiro atoms. The molecule has 0 aromatic carbocycles. The van der Waals surface area contributed by atoms with E-state index in [2.05, 4.69) is 4.90 Å². The molecule has 0 bridgehead atoms. The zero-order chi connectivity index (χ0) is 18.9. The third-order valence-corrected chi connectivity index (χ3v) is 4.49. The van der Waals surface area contributed by atoms with Crippen LogP contribution in [0.3, 0.4) is 0 Å². The molecule has 1 aliphatic carbocycles. The van der Waals surface area contributed by atoms with Crippen molar-refractivity contribution in [3.8, 4) is 0 Å². The summed E-state index contributed by atoms with van der Waals surface area (Å²) in [6.45, 7) is 9.23. The minimum Gasteiger partial charge on any atom is -0.466 e. The van der Waals surface area contributed by atoms with Crippen molar-refractivity contribution < 1.29 is 24.2 Å². The predicted octanol–water partition coefficient (Wildman–Crippen LogP) is 2.52. The molecule has 6 heteroatoms. The summed E-state index contributed by atoms with van der Waals surface area (Å²) in [4.78, 5) is 25.3. The first kappa shape index (κ1) is 21.9. The number of aliphatic hydroxyl groups excluding tert-OH is 1. The van der Waals surface area contributed by atoms with Crippen LogP contribution in [0, 0.1) is 5.92 Å². The predicted molar refractivity (Wildman–Crippen MR) is 96.1 cm³/mol. The standard InChI is InChI=1S/C19H35NO5/c1-15(22)24-14-6-5-11-20(12-13-21)17-9-7-16(8-10-17)18(23)25-19(2,3)4/h16-17,21H,5-14H2,1-4H3. The van der Waals surface area contributed by atoms with Crippen LogP contribution in [0.5, 0.6) is 0 Å². The van der Waals surface area contributed by atoms with Gasteiger partial charge >= 0.3 is 11.9 Å². The highest BCUT2D eigenvalue weighted by Crippen LogP contribution is 2.29. The Hall–Kier alpha value is -1.14. The van der Waals surface area contributed by atoms with Crippen LogP contribution < -0.4 is 0 Å². The van der Waals surface area contributed by atoms with Gasteiger partial charge in [-0.05, 0) is 65.8 Å². The van der Waals surface area contributed by atoms with Gasteiger partial charge in [0, 0.05) is 19.5 Å². The number of unbranched alkanes of at least 4 members (excludes halogenated alkanes) is 1. The lowest BCUT2D eigenvalue weighted by Gasteiger charge is -2.36. The Labute approximate surface area is 151 Å². The molecule has 1 N–H and O–H groups in total. The minimum absolute atomic E-state index is 0.00424. The van der Waals surface area contributed by atoms with Crippen molar-refractivity contribution in [3.63, 3.8) is 0 Å². The van der Waals surface area contributed by atoms with Crippen LogP contribution in [0.15, 0.2) is 0 Å². The first-order chi connectivity index (χ1) is 11.7. The van der Waals surface area contributed by atoms with Crippen molar-refractivity contribution in [2.24, 2.45) is 5.92 Å². The highest BCUT2D eigenvalue weighted by molar-refractivity contribution is 5.73. The van der Waals surface area contributed by atoms with Crippen molar-refractivity contribution in [1.29, 1.82) is 0 Å². The first-order valence-electron chi connectivity index (χ1n) is 9.44. The summed E-state index contributed by atoms with van der Waals surface area (Å²) >= 11 is 0. The zero-order valence-corrected chi connectivity index (χ0v) is 16.3. The van der Waals surface area contributed by atoms with Crippen molar-refractivity contribution in [2.45, 2.75) is 77.9 Å². The molecule has 0 aliphatic heterocycles. The van der Waals surface area contributed by atoms with Crippen molar-refractivity contribution in [3.05, 3.63) is 0 Å². The fourth-order valence-electron chi connectivity index (χ4n) is 3.30. The number of carbonyl (C=O) groups is 2. The van der Waals surface area contributed by atoms with Gasteiger partial charge in [0.05, 0.1) is 19.1 Å². The summed E-state index contributed by atoms with van der Waals surface area (Å²) in [5.41, 5.74) is -0.432. The normalized spacial score (nSPS) is 21.2. The van der Waals surface area contributed by atoms with E-state index >= 15 is 0 Å². The number of esters is 2. The van der Waals surface area contributed by atoms with E-state index < -0.39 is 5.60 Å². The Kier molecular flexibility index (Phi) is 9.43. The van der Waals surface area contributed by atoms with E-state index in [1.54, 1.807) is 0 Å². The number of rotatable bonds is 9. The molecule has 0 saturated heterocycles. The third-order valence-electron chi connectivity index (χ3n) is 4.49. The summed E-state index contributed by atoms with van der Waals surface area (Å²) in [6.07, 6.45) is 5.35. The second-order valence-electron chi connectivity index (χ2n) is 7.85. The van der Waals surface area contributed by atoms with Gasteiger partial charge in [-0.1, -0.05) is 0 Å². The Balaban J connectivity index is 2.37. The molecule has 1 rings (SSSR count). The van der Waals surface area contributed by atoms with E-state index in [-0.39, 0.29) is 24.5 Å². The van der Waals surface area contributed by atoms with Gasteiger partial charge in [0.15, 0.2) is 0 Å². The van der Waals surface area contributed by atoms with Crippen LogP contribution in [0.25, 0.3) is 0 Å². The molecular weight excluding hydrogens is 322 g/mol. The van der Waals surface area contributed by atoms with Gasteiger partial charge in [-0.3, -0.25) is 14.5 Å². The summed E-state index contributed by atoms with van der Waals surface area (Å²) in [5, 5.41) is 9.33. The van der Waals surface area contributed by atoms with Gasteiger partial charge in [-0.15, -0.1) is 0 Å². The molecule has 6 nitrogen and oxygen atoms in total. The minimum atomic E-state index is -0.432. The summed E-state index contributed by atoms with van der Waals surface area (Å²) in [6, 6.07) is 0.402. The molecule has 0 aromatic heterocycles. The van der Waals surface area contributed by atoms with E-state index in [0.717, 1.165) is 45.1 Å². The van der Waals surface area contributed by atoms with E-state index in [4.69, 9.17) is 9.47 Å².